The number of nitriles is 1. The molecule has 0 fully saturated rings. The van der Waals surface area contributed by atoms with Gasteiger partial charge in [-0.1, -0.05) is 0 Å². The quantitative estimate of drug-likeness (QED) is 0.555. The molecule has 1 aromatic rings. The van der Waals surface area contributed by atoms with Crippen molar-refractivity contribution in [1.29, 1.82) is 5.26 Å². The van der Waals surface area contributed by atoms with Crippen molar-refractivity contribution in [2.45, 2.75) is 4.21 Å². The van der Waals surface area contributed by atoms with E-state index >= 15 is 0 Å². The first-order chi connectivity index (χ1) is 6.45. The van der Waals surface area contributed by atoms with E-state index in [2.05, 4.69) is 4.74 Å². The van der Waals surface area contributed by atoms with E-state index in [0.29, 0.717) is 0 Å². The molecule has 1 heterocycles. The van der Waals surface area contributed by atoms with E-state index in [1.807, 2.05) is 0 Å². The molecule has 0 saturated heterocycles. The van der Waals surface area contributed by atoms with Crippen molar-refractivity contribution >= 4 is 27.1 Å². The second-order valence-electron chi connectivity index (χ2n) is 2.37. The summed E-state index contributed by atoms with van der Waals surface area (Å²) < 4.78 is 26.1. The van der Waals surface area contributed by atoms with Crippen LogP contribution in [-0.4, -0.2) is 20.6 Å². The molecule has 1 aromatic heterocycles. The van der Waals surface area contributed by atoms with E-state index in [1.165, 1.54) is 18.4 Å². The lowest BCUT2D eigenvalue weighted by molar-refractivity contribution is 0.0690. The number of ether oxygens (including phenoxy) is 1. The molecular weight excluding hydrogens is 226 g/mol. The molecule has 74 valence electrons. The van der Waals surface area contributed by atoms with Crippen molar-refractivity contribution in [3.8, 4) is 6.26 Å². The first-order valence-corrected chi connectivity index (χ1v) is 6.06. The second-order valence-corrected chi connectivity index (χ2v) is 5.70. The molecule has 0 unspecified atom stereocenters. The van der Waals surface area contributed by atoms with E-state index < -0.39 is 15.8 Å². The normalized spacial score (nSPS) is 10.6. The summed E-state index contributed by atoms with van der Waals surface area (Å²) in [6.45, 7) is 0. The highest BCUT2D eigenvalue weighted by atomic mass is 32.2. The van der Waals surface area contributed by atoms with Crippen LogP contribution in [0.5, 0.6) is 0 Å². The van der Waals surface area contributed by atoms with E-state index in [4.69, 9.17) is 5.26 Å². The maximum absolute atomic E-state index is 11.0. The van der Waals surface area contributed by atoms with Gasteiger partial charge in [-0.15, -0.1) is 16.6 Å². The van der Waals surface area contributed by atoms with Gasteiger partial charge in [0.15, 0.2) is 9.84 Å². The SMILES string of the molecule is CS(=O)(=O)c1ccc(C(=O)OC#N)s1. The fraction of sp³-hybridized carbons (Fsp3) is 0.143. The van der Waals surface area contributed by atoms with Crippen LogP contribution < -0.4 is 0 Å². The van der Waals surface area contributed by atoms with E-state index in [1.54, 1.807) is 0 Å². The van der Waals surface area contributed by atoms with Gasteiger partial charge in [0.2, 0.25) is 0 Å². The van der Waals surface area contributed by atoms with Gasteiger partial charge in [-0.2, -0.15) is 0 Å². The standard InChI is InChI=1S/C7H5NO4S2/c1-14(10,11)6-3-2-5(13-6)7(9)12-4-8/h2-3H,1H3. The second kappa shape index (κ2) is 3.77. The van der Waals surface area contributed by atoms with E-state index in [-0.39, 0.29) is 9.09 Å². The molecule has 0 radical (unpaired) electrons. The third-order valence-corrected chi connectivity index (χ3v) is 4.17. The Morgan fingerprint density at radius 1 is 1.57 bits per heavy atom. The topological polar surface area (TPSA) is 84.2 Å². The summed E-state index contributed by atoms with van der Waals surface area (Å²) in [5.74, 6) is -0.840. The largest absolute Gasteiger partial charge is 0.363 e. The van der Waals surface area contributed by atoms with Gasteiger partial charge >= 0.3 is 5.97 Å². The van der Waals surface area contributed by atoms with Crippen LogP contribution in [0, 0.1) is 11.5 Å². The number of hydrogen-bond donors (Lipinski definition) is 0. The number of hydrogen-bond acceptors (Lipinski definition) is 6. The lowest BCUT2D eigenvalue weighted by atomic mass is 10.5. The zero-order valence-electron chi connectivity index (χ0n) is 7.05. The molecule has 0 atom stereocenters. The Kier molecular flexibility index (Phi) is 2.88. The fourth-order valence-electron chi connectivity index (χ4n) is 0.721. The number of nitrogens with zero attached hydrogens (tertiary/aromatic N) is 1. The Morgan fingerprint density at radius 3 is 2.64 bits per heavy atom. The maximum atomic E-state index is 11.0. The van der Waals surface area contributed by atoms with Crippen LogP contribution in [0.25, 0.3) is 0 Å². The predicted octanol–water partition coefficient (Wildman–Crippen LogP) is 0.789. The van der Waals surface area contributed by atoms with Gasteiger partial charge in [0.25, 0.3) is 6.26 Å². The lowest BCUT2D eigenvalue weighted by Gasteiger charge is -1.89. The summed E-state index contributed by atoms with van der Waals surface area (Å²) in [6.07, 6.45) is 2.26. The van der Waals surface area contributed by atoms with E-state index in [0.717, 1.165) is 17.6 Å². The highest BCUT2D eigenvalue weighted by Crippen LogP contribution is 2.21. The number of carbonyl (C=O) groups is 1. The highest BCUT2D eigenvalue weighted by molar-refractivity contribution is 7.92. The van der Waals surface area contributed by atoms with Crippen LogP contribution in [0.2, 0.25) is 0 Å². The fourth-order valence-corrected chi connectivity index (χ4v) is 2.52. The summed E-state index contributed by atoms with van der Waals surface area (Å²) in [6, 6.07) is 2.61. The first kappa shape index (κ1) is 10.7. The van der Waals surface area contributed by atoms with Gasteiger partial charge < -0.3 is 4.74 Å². The Bertz CT molecular complexity index is 494. The van der Waals surface area contributed by atoms with Crippen LogP contribution in [0.3, 0.4) is 0 Å². The maximum Gasteiger partial charge on any atom is 0.363 e. The van der Waals surface area contributed by atoms with Gasteiger partial charge in [-0.05, 0) is 12.1 Å². The Morgan fingerprint density at radius 2 is 2.21 bits per heavy atom. The molecule has 0 bridgehead atoms. The summed E-state index contributed by atoms with van der Waals surface area (Å²) in [4.78, 5) is 11.0. The Balaban J connectivity index is 3.02. The minimum absolute atomic E-state index is 0.0717. The average molecular weight is 231 g/mol. The molecule has 0 aliphatic rings. The van der Waals surface area contributed by atoms with Gasteiger partial charge in [-0.25, -0.2) is 13.2 Å². The molecule has 0 saturated carbocycles. The van der Waals surface area contributed by atoms with Crippen molar-refractivity contribution in [1.82, 2.24) is 0 Å². The van der Waals surface area contributed by atoms with Crippen molar-refractivity contribution in [2.24, 2.45) is 0 Å². The molecule has 0 amide bonds. The Labute approximate surface area is 84.5 Å². The van der Waals surface area contributed by atoms with Crippen LogP contribution >= 0.6 is 11.3 Å². The summed E-state index contributed by atoms with van der Waals surface area (Å²) in [5.41, 5.74) is 0. The smallest absolute Gasteiger partial charge is 0.346 e. The molecule has 0 aliphatic carbocycles. The number of carbonyl (C=O) groups excluding carboxylic acids is 1. The average Bonchev–Trinajstić information content (AvgIpc) is 2.51. The minimum Gasteiger partial charge on any atom is -0.346 e. The van der Waals surface area contributed by atoms with Crippen molar-refractivity contribution < 1.29 is 17.9 Å². The van der Waals surface area contributed by atoms with Crippen molar-refractivity contribution in [3.05, 3.63) is 17.0 Å². The molecule has 0 N–H and O–H groups in total. The van der Waals surface area contributed by atoms with Gasteiger partial charge in [-0.3, -0.25) is 0 Å². The number of rotatable bonds is 2. The third-order valence-electron chi connectivity index (χ3n) is 1.29. The predicted molar refractivity (Wildman–Crippen MR) is 48.5 cm³/mol. The van der Waals surface area contributed by atoms with Gasteiger partial charge in [0.1, 0.15) is 9.09 Å². The first-order valence-electron chi connectivity index (χ1n) is 3.35. The summed E-state index contributed by atoms with van der Waals surface area (Å²) >= 11 is 0.774. The molecule has 0 aromatic carbocycles. The van der Waals surface area contributed by atoms with Gasteiger partial charge in [0.05, 0.1) is 0 Å². The Hall–Kier alpha value is -1.39. The summed E-state index contributed by atoms with van der Waals surface area (Å²) in [5, 5.41) is 8.06. The molecule has 1 rings (SSSR count). The van der Waals surface area contributed by atoms with Crippen LogP contribution in [0.1, 0.15) is 9.67 Å². The summed E-state index contributed by atoms with van der Waals surface area (Å²) in [7, 11) is -3.30. The third kappa shape index (κ3) is 2.31. The molecule has 5 nitrogen and oxygen atoms in total. The molecular formula is C7H5NO4S2. The number of thiophene rings is 1. The van der Waals surface area contributed by atoms with Crippen LogP contribution in [-0.2, 0) is 14.6 Å². The number of esters is 1. The van der Waals surface area contributed by atoms with Crippen LogP contribution in [0.4, 0.5) is 0 Å². The monoisotopic (exact) mass is 231 g/mol. The molecule has 14 heavy (non-hydrogen) atoms. The van der Waals surface area contributed by atoms with E-state index in [9.17, 15) is 13.2 Å². The van der Waals surface area contributed by atoms with Crippen LogP contribution in [0.15, 0.2) is 16.3 Å². The van der Waals surface area contributed by atoms with Crippen molar-refractivity contribution in [3.63, 3.8) is 0 Å². The molecule has 0 spiro atoms. The molecule has 7 heteroatoms. The minimum atomic E-state index is -3.30. The number of sulfone groups is 1. The highest BCUT2D eigenvalue weighted by Gasteiger charge is 2.15. The zero-order valence-corrected chi connectivity index (χ0v) is 8.68. The zero-order chi connectivity index (χ0) is 10.8. The van der Waals surface area contributed by atoms with Crippen molar-refractivity contribution in [2.75, 3.05) is 6.26 Å². The molecule has 0 aliphatic heterocycles. The van der Waals surface area contributed by atoms with Gasteiger partial charge in [0, 0.05) is 6.26 Å². The lowest BCUT2D eigenvalue weighted by Crippen LogP contribution is -1.97.